The minimum atomic E-state index is -0.0520. The van der Waals surface area contributed by atoms with E-state index in [9.17, 15) is 0 Å². The van der Waals surface area contributed by atoms with Gasteiger partial charge in [-0.05, 0) is 169 Å². The van der Waals surface area contributed by atoms with Gasteiger partial charge in [0.2, 0.25) is 0 Å². The van der Waals surface area contributed by atoms with E-state index in [1.54, 1.807) is 0 Å². The van der Waals surface area contributed by atoms with E-state index in [2.05, 4.69) is 238 Å². The third-order valence-corrected chi connectivity index (χ3v) is 17.1. The van der Waals surface area contributed by atoms with E-state index < -0.39 is 0 Å². The summed E-state index contributed by atoms with van der Waals surface area (Å²) in [5, 5.41) is 11.8. The molecule has 0 aliphatic carbocycles. The van der Waals surface area contributed by atoms with Crippen molar-refractivity contribution in [2.75, 3.05) is 9.80 Å². The molecular formula is C71H72N2O2. The molecule has 0 aliphatic rings. The largest absolute Gasteiger partial charge is 0.454 e. The number of nitrogens with zero attached hydrogens (tertiary/aromatic N) is 2. The molecule has 0 spiro atoms. The second-order valence-electron chi connectivity index (χ2n) is 22.4. The van der Waals surface area contributed by atoms with Gasteiger partial charge in [0.1, 0.15) is 11.2 Å². The van der Waals surface area contributed by atoms with Crippen molar-refractivity contribution in [2.45, 2.75) is 127 Å². The summed E-state index contributed by atoms with van der Waals surface area (Å²) in [4.78, 5) is 4.93. The normalized spacial score (nSPS) is 12.3. The van der Waals surface area contributed by atoms with E-state index in [4.69, 9.17) is 8.83 Å². The molecule has 2 heterocycles. The zero-order chi connectivity index (χ0) is 52.8. The average molecular weight is 985 g/mol. The van der Waals surface area contributed by atoms with Crippen molar-refractivity contribution in [1.82, 2.24) is 0 Å². The van der Waals surface area contributed by atoms with E-state index in [-0.39, 0.29) is 10.8 Å². The fourth-order valence-electron chi connectivity index (χ4n) is 12.2. The Morgan fingerprint density at radius 2 is 0.747 bits per heavy atom. The molecule has 12 rings (SSSR count). The van der Waals surface area contributed by atoms with Crippen LogP contribution in [0.1, 0.15) is 119 Å². The van der Waals surface area contributed by atoms with Crippen LogP contribution in [0.2, 0.25) is 0 Å². The summed E-state index contributed by atoms with van der Waals surface area (Å²) in [5.74, 6) is 0. The minimum absolute atomic E-state index is 0.0429. The Hall–Kier alpha value is -7.56. The maximum Gasteiger partial charge on any atom is 0.159 e. The number of fused-ring (bicyclic) bond motifs is 6. The summed E-state index contributed by atoms with van der Waals surface area (Å²) in [6, 6.07) is 54.8. The maximum atomic E-state index is 7.25. The van der Waals surface area contributed by atoms with Crippen LogP contribution in [-0.2, 0) is 10.8 Å². The van der Waals surface area contributed by atoms with Crippen LogP contribution < -0.4 is 9.80 Å². The van der Waals surface area contributed by atoms with Gasteiger partial charge in [-0.15, -0.1) is 0 Å². The van der Waals surface area contributed by atoms with Crippen molar-refractivity contribution in [3.63, 3.8) is 0 Å². The lowest BCUT2D eigenvalue weighted by Gasteiger charge is -2.30. The van der Waals surface area contributed by atoms with Crippen LogP contribution >= 0.6 is 0 Å². The lowest BCUT2D eigenvalue weighted by atomic mass is 9.80. The Morgan fingerprint density at radius 1 is 0.387 bits per heavy atom. The van der Waals surface area contributed by atoms with Crippen LogP contribution in [0.4, 0.5) is 34.1 Å². The third kappa shape index (κ3) is 7.85. The first-order valence-corrected chi connectivity index (χ1v) is 27.5. The number of para-hydroxylation sites is 4. The first kappa shape index (κ1) is 49.6. The molecule has 0 unspecified atom stereocenters. The molecule has 0 N–H and O–H groups in total. The summed E-state index contributed by atoms with van der Waals surface area (Å²) in [5.41, 5.74) is 20.2. The molecule has 12 aromatic rings. The average Bonchev–Trinajstić information content (AvgIpc) is 4.00. The van der Waals surface area contributed by atoms with Crippen LogP contribution in [0.15, 0.2) is 154 Å². The van der Waals surface area contributed by atoms with Gasteiger partial charge in [0.15, 0.2) is 11.2 Å². The predicted molar refractivity (Wildman–Crippen MR) is 325 cm³/mol. The quantitative estimate of drug-likeness (QED) is 0.121. The Morgan fingerprint density at radius 3 is 1.13 bits per heavy atom. The van der Waals surface area contributed by atoms with Crippen LogP contribution in [0, 0.1) is 41.5 Å². The molecule has 2 aromatic heterocycles. The minimum Gasteiger partial charge on any atom is -0.454 e. The number of benzene rings is 10. The second-order valence-corrected chi connectivity index (χ2v) is 22.4. The van der Waals surface area contributed by atoms with Gasteiger partial charge in [0, 0.05) is 54.8 Å². The zero-order valence-corrected chi connectivity index (χ0v) is 46.7. The van der Waals surface area contributed by atoms with Gasteiger partial charge in [-0.2, -0.15) is 0 Å². The van der Waals surface area contributed by atoms with Crippen LogP contribution in [-0.4, -0.2) is 0 Å². The SMILES string of the molecule is CC.CCCC(C)(C)c1cccc2c1oc1c(N(c3cc(C)c(C)c(C)c3)c3ccc4ccc5c(N(c6cc(C)c(C)c(C)c6)c6cccc7c6oc6c(C(C)(C)CC)cccc67)ccc6ccc3c4c65)cccc12. The summed E-state index contributed by atoms with van der Waals surface area (Å²) in [7, 11) is 0. The number of hydrogen-bond acceptors (Lipinski definition) is 4. The number of hydrogen-bond donors (Lipinski definition) is 0. The molecule has 10 aromatic carbocycles. The number of anilines is 6. The third-order valence-electron chi connectivity index (χ3n) is 17.1. The molecule has 75 heavy (non-hydrogen) atoms. The van der Waals surface area contributed by atoms with Gasteiger partial charge < -0.3 is 18.6 Å². The fourth-order valence-corrected chi connectivity index (χ4v) is 12.2. The van der Waals surface area contributed by atoms with Gasteiger partial charge in [-0.1, -0.05) is 159 Å². The number of rotatable bonds is 11. The van der Waals surface area contributed by atoms with Crippen molar-refractivity contribution < 1.29 is 8.83 Å². The highest BCUT2D eigenvalue weighted by molar-refractivity contribution is 6.29. The van der Waals surface area contributed by atoms with Crippen molar-refractivity contribution >= 4 is 110 Å². The molecule has 0 saturated carbocycles. The van der Waals surface area contributed by atoms with Crippen LogP contribution in [0.25, 0.3) is 76.2 Å². The Kier molecular flexibility index (Phi) is 12.4. The summed E-state index contributed by atoms with van der Waals surface area (Å²) >= 11 is 0. The molecule has 0 aliphatic heterocycles. The van der Waals surface area contributed by atoms with E-state index in [0.717, 1.165) is 97.3 Å². The zero-order valence-electron chi connectivity index (χ0n) is 46.7. The molecule has 0 saturated heterocycles. The Bertz CT molecular complexity index is 4130. The molecular weight excluding hydrogens is 913 g/mol. The highest BCUT2D eigenvalue weighted by atomic mass is 16.3. The smallest absolute Gasteiger partial charge is 0.159 e. The van der Waals surface area contributed by atoms with Gasteiger partial charge in [0.05, 0.1) is 22.7 Å². The topological polar surface area (TPSA) is 32.8 Å². The molecule has 0 amide bonds. The maximum absolute atomic E-state index is 7.25. The van der Waals surface area contributed by atoms with E-state index >= 15 is 0 Å². The molecule has 0 atom stereocenters. The predicted octanol–water partition coefficient (Wildman–Crippen LogP) is 22.0. The van der Waals surface area contributed by atoms with Crippen molar-refractivity contribution in [3.05, 3.63) is 190 Å². The standard InChI is InChI=1S/C69H66N2O2.C2H6/c1-13-35-69(11,12)57-24-16-20-51-53-22-18-26-61(67(53)73-65(51)57)71(49-38-42(5)45(8)43(6)39-49)59-34-30-47-27-31-54-58(33-29-46-28-32-55(59)63(47)62(46)54)70(48-36-40(3)44(7)41(4)37-48)60-25-17-21-52-50-19-15-23-56(68(9,10)14-2)64(50)72-66(52)60;1-2/h15-34,36-39H,13-14,35H2,1-12H3;1-2H3. The summed E-state index contributed by atoms with van der Waals surface area (Å²) < 4.78 is 14.5. The first-order valence-electron chi connectivity index (χ1n) is 27.5. The van der Waals surface area contributed by atoms with Crippen LogP contribution in [0.3, 0.4) is 0 Å². The summed E-state index contributed by atoms with van der Waals surface area (Å²) in [6.07, 6.45) is 3.18. The monoisotopic (exact) mass is 985 g/mol. The molecule has 0 fully saturated rings. The second kappa shape index (κ2) is 18.7. The molecule has 4 heteroatoms. The van der Waals surface area contributed by atoms with E-state index in [1.165, 1.54) is 76.8 Å². The van der Waals surface area contributed by atoms with Gasteiger partial charge in [0.25, 0.3) is 0 Å². The molecule has 4 nitrogen and oxygen atoms in total. The summed E-state index contributed by atoms with van der Waals surface area (Å²) in [6.45, 7) is 31.3. The Labute approximate surface area is 443 Å². The van der Waals surface area contributed by atoms with Gasteiger partial charge in [-0.3, -0.25) is 0 Å². The highest BCUT2D eigenvalue weighted by Gasteiger charge is 2.30. The molecule has 0 bridgehead atoms. The number of aryl methyl sites for hydroxylation is 4. The molecule has 378 valence electrons. The van der Waals surface area contributed by atoms with E-state index in [1.807, 2.05) is 13.8 Å². The molecule has 0 radical (unpaired) electrons. The fraction of sp³-hybridized carbons (Fsp3) is 0.268. The van der Waals surface area contributed by atoms with Crippen molar-refractivity contribution in [1.29, 1.82) is 0 Å². The van der Waals surface area contributed by atoms with Crippen molar-refractivity contribution in [3.8, 4) is 0 Å². The van der Waals surface area contributed by atoms with Gasteiger partial charge >= 0.3 is 0 Å². The number of furan rings is 2. The van der Waals surface area contributed by atoms with Gasteiger partial charge in [-0.25, -0.2) is 0 Å². The highest BCUT2D eigenvalue weighted by Crippen LogP contribution is 2.52. The lowest BCUT2D eigenvalue weighted by Crippen LogP contribution is -2.16. The Balaban J connectivity index is 0.00000298. The lowest BCUT2D eigenvalue weighted by molar-refractivity contribution is 0.469. The van der Waals surface area contributed by atoms with Crippen molar-refractivity contribution in [2.24, 2.45) is 0 Å². The first-order chi connectivity index (χ1) is 36.1. The van der Waals surface area contributed by atoms with E-state index in [0.29, 0.717) is 0 Å². The van der Waals surface area contributed by atoms with Crippen LogP contribution in [0.5, 0.6) is 0 Å².